The van der Waals surface area contributed by atoms with Crippen LogP contribution >= 0.6 is 0 Å². The standard InChI is InChI=1S/C21H28O9/c1-6-7-15(24)28-14-9-19(4,30-11(3)22)12-8-13(23)10(2)16(12)17-21(14,27)20(5,26)18(25)29-17/h12,14,17,26-27H,6-9H2,1-5H3/t12?,14-,17?,19-,20+,21+/m0/s1. The molecule has 0 aromatic rings. The molecule has 0 spiro atoms. The van der Waals surface area contributed by atoms with Crippen molar-refractivity contribution in [2.24, 2.45) is 5.92 Å². The zero-order chi connectivity index (χ0) is 22.6. The fourth-order valence-electron chi connectivity index (χ4n) is 4.97. The Morgan fingerprint density at radius 2 is 1.87 bits per heavy atom. The summed E-state index contributed by atoms with van der Waals surface area (Å²) >= 11 is 0. The molecule has 0 aromatic carbocycles. The topological polar surface area (TPSA) is 136 Å². The Hall–Kier alpha value is -2.26. The van der Waals surface area contributed by atoms with Gasteiger partial charge in [0.2, 0.25) is 0 Å². The first-order valence-electron chi connectivity index (χ1n) is 10.1. The Kier molecular flexibility index (Phi) is 5.35. The molecule has 6 atom stereocenters. The molecule has 0 aromatic heterocycles. The minimum absolute atomic E-state index is 0.0210. The van der Waals surface area contributed by atoms with Gasteiger partial charge in [0.25, 0.3) is 0 Å². The van der Waals surface area contributed by atoms with Crippen LogP contribution in [0, 0.1) is 5.92 Å². The van der Waals surface area contributed by atoms with Crippen LogP contribution in [-0.4, -0.2) is 62.9 Å². The molecule has 1 saturated carbocycles. The second-order valence-corrected chi connectivity index (χ2v) is 8.78. The first-order valence-corrected chi connectivity index (χ1v) is 10.1. The maximum Gasteiger partial charge on any atom is 0.341 e. The van der Waals surface area contributed by atoms with Gasteiger partial charge in [0, 0.05) is 32.1 Å². The second kappa shape index (κ2) is 7.16. The molecule has 1 aliphatic heterocycles. The van der Waals surface area contributed by atoms with Crippen LogP contribution in [0.1, 0.15) is 60.3 Å². The average molecular weight is 424 g/mol. The molecule has 0 radical (unpaired) electrons. The van der Waals surface area contributed by atoms with Crippen molar-refractivity contribution < 1.29 is 43.6 Å². The molecule has 2 N–H and O–H groups in total. The lowest BCUT2D eigenvalue weighted by Crippen LogP contribution is -2.64. The van der Waals surface area contributed by atoms with Crippen molar-refractivity contribution in [3.05, 3.63) is 11.1 Å². The van der Waals surface area contributed by atoms with Gasteiger partial charge >= 0.3 is 17.9 Å². The highest BCUT2D eigenvalue weighted by Crippen LogP contribution is 2.55. The number of ether oxygens (including phenoxy) is 3. The summed E-state index contributed by atoms with van der Waals surface area (Å²) in [6.45, 7) is 7.21. The summed E-state index contributed by atoms with van der Waals surface area (Å²) in [4.78, 5) is 49.2. The number of carbonyl (C=O) groups excluding carboxylic acids is 4. The second-order valence-electron chi connectivity index (χ2n) is 8.78. The van der Waals surface area contributed by atoms with Crippen LogP contribution < -0.4 is 0 Å². The molecular weight excluding hydrogens is 396 g/mol. The number of ketones is 1. The highest BCUT2D eigenvalue weighted by molar-refractivity contribution is 6.00. The van der Waals surface area contributed by atoms with Gasteiger partial charge in [-0.2, -0.15) is 0 Å². The summed E-state index contributed by atoms with van der Waals surface area (Å²) in [5, 5.41) is 22.7. The van der Waals surface area contributed by atoms with Crippen LogP contribution in [0.3, 0.4) is 0 Å². The first kappa shape index (κ1) is 22.4. The minimum atomic E-state index is -2.42. The fraction of sp³-hybridized carbons (Fsp3) is 0.714. The molecule has 9 heteroatoms. The Labute approximate surface area is 174 Å². The first-order chi connectivity index (χ1) is 13.8. The van der Waals surface area contributed by atoms with E-state index in [0.29, 0.717) is 6.42 Å². The van der Waals surface area contributed by atoms with Crippen molar-refractivity contribution in [3.8, 4) is 0 Å². The number of aliphatic hydroxyl groups is 2. The SMILES string of the molecule is CCCC(=O)O[C@H]1C[C@](C)(OC(C)=O)C2CC(=O)C(C)=C2C2OC(=O)[C@@](C)(O)[C@]21O. The van der Waals surface area contributed by atoms with Crippen LogP contribution in [0.15, 0.2) is 11.1 Å². The van der Waals surface area contributed by atoms with E-state index in [4.69, 9.17) is 14.2 Å². The Morgan fingerprint density at radius 3 is 2.43 bits per heavy atom. The van der Waals surface area contributed by atoms with Crippen molar-refractivity contribution in [2.75, 3.05) is 0 Å². The van der Waals surface area contributed by atoms with Crippen molar-refractivity contribution in [1.82, 2.24) is 0 Å². The fourth-order valence-corrected chi connectivity index (χ4v) is 4.97. The molecule has 2 aliphatic carbocycles. The number of hydrogen-bond donors (Lipinski definition) is 2. The van der Waals surface area contributed by atoms with Crippen molar-refractivity contribution in [3.63, 3.8) is 0 Å². The lowest BCUT2D eigenvalue weighted by atomic mass is 9.75. The zero-order valence-corrected chi connectivity index (χ0v) is 17.8. The average Bonchev–Trinajstić information content (AvgIpc) is 2.98. The van der Waals surface area contributed by atoms with Gasteiger partial charge in [0.1, 0.15) is 11.7 Å². The van der Waals surface area contributed by atoms with Crippen LogP contribution in [-0.2, 0) is 33.4 Å². The summed E-state index contributed by atoms with van der Waals surface area (Å²) in [6.07, 6.45) is -2.55. The van der Waals surface area contributed by atoms with Gasteiger partial charge in [-0.25, -0.2) is 4.79 Å². The third-order valence-electron chi connectivity index (χ3n) is 6.62. The highest BCUT2D eigenvalue weighted by Gasteiger charge is 2.74. The van der Waals surface area contributed by atoms with E-state index in [1.165, 1.54) is 13.8 Å². The van der Waals surface area contributed by atoms with E-state index in [1.54, 1.807) is 13.8 Å². The monoisotopic (exact) mass is 424 g/mol. The summed E-state index contributed by atoms with van der Waals surface area (Å²) in [6, 6.07) is 0. The van der Waals surface area contributed by atoms with E-state index in [9.17, 15) is 29.4 Å². The highest BCUT2D eigenvalue weighted by atomic mass is 16.6. The Morgan fingerprint density at radius 1 is 1.23 bits per heavy atom. The maximum atomic E-state index is 12.5. The van der Waals surface area contributed by atoms with E-state index >= 15 is 0 Å². The minimum Gasteiger partial charge on any atom is -0.459 e. The normalized spacial score (nSPS) is 40.4. The summed E-state index contributed by atoms with van der Waals surface area (Å²) in [7, 11) is 0. The van der Waals surface area contributed by atoms with Crippen molar-refractivity contribution in [2.45, 2.75) is 89.3 Å². The van der Waals surface area contributed by atoms with Gasteiger partial charge in [-0.05, 0) is 38.3 Å². The number of allylic oxidation sites excluding steroid dienone is 1. The molecule has 166 valence electrons. The third-order valence-corrected chi connectivity index (χ3v) is 6.62. The van der Waals surface area contributed by atoms with Crippen molar-refractivity contribution in [1.29, 1.82) is 0 Å². The summed E-state index contributed by atoms with van der Waals surface area (Å²) in [5.74, 6) is -3.28. The molecule has 1 heterocycles. The maximum absolute atomic E-state index is 12.5. The molecule has 2 unspecified atom stereocenters. The van der Waals surface area contributed by atoms with Gasteiger partial charge in [-0.1, -0.05) is 6.92 Å². The Balaban J connectivity index is 2.23. The molecule has 0 bridgehead atoms. The lowest BCUT2D eigenvalue weighted by molar-refractivity contribution is -0.210. The van der Waals surface area contributed by atoms with Gasteiger partial charge < -0.3 is 24.4 Å². The van der Waals surface area contributed by atoms with E-state index in [-0.39, 0.29) is 36.2 Å². The van der Waals surface area contributed by atoms with Crippen molar-refractivity contribution >= 4 is 23.7 Å². The van der Waals surface area contributed by atoms with Gasteiger partial charge in [-0.15, -0.1) is 0 Å². The van der Waals surface area contributed by atoms with Crippen LogP contribution in [0.2, 0.25) is 0 Å². The number of esters is 3. The lowest BCUT2D eigenvalue weighted by Gasteiger charge is -2.40. The number of rotatable bonds is 4. The predicted octanol–water partition coefficient (Wildman–Crippen LogP) is 0.737. The number of Topliss-reactive ketones (excluding diaryl/α,β-unsaturated/α-hetero) is 1. The van der Waals surface area contributed by atoms with Gasteiger partial charge in [-0.3, -0.25) is 14.4 Å². The molecule has 3 rings (SSSR count). The van der Waals surface area contributed by atoms with E-state index in [1.807, 2.05) is 0 Å². The predicted molar refractivity (Wildman–Crippen MR) is 101 cm³/mol. The number of hydrogen-bond acceptors (Lipinski definition) is 9. The quantitative estimate of drug-likeness (QED) is 0.494. The largest absolute Gasteiger partial charge is 0.459 e. The smallest absolute Gasteiger partial charge is 0.341 e. The molecule has 0 amide bonds. The zero-order valence-electron chi connectivity index (χ0n) is 17.8. The number of carbonyl (C=O) groups is 4. The van der Waals surface area contributed by atoms with Crippen LogP contribution in [0.25, 0.3) is 0 Å². The molecule has 3 aliphatic rings. The van der Waals surface area contributed by atoms with E-state index in [2.05, 4.69) is 0 Å². The van der Waals surface area contributed by atoms with Gasteiger partial charge in [0.15, 0.2) is 23.1 Å². The summed E-state index contributed by atoms with van der Waals surface area (Å²) in [5.41, 5.74) is -5.57. The summed E-state index contributed by atoms with van der Waals surface area (Å²) < 4.78 is 16.5. The van der Waals surface area contributed by atoms with Crippen LogP contribution in [0.4, 0.5) is 0 Å². The van der Waals surface area contributed by atoms with E-state index < -0.39 is 52.8 Å². The van der Waals surface area contributed by atoms with Gasteiger partial charge in [0.05, 0.1) is 0 Å². The molecule has 9 nitrogen and oxygen atoms in total. The number of fused-ring (bicyclic) bond motifs is 3. The third kappa shape index (κ3) is 3.06. The molecule has 1 saturated heterocycles. The molecule has 2 fully saturated rings. The Bertz CT molecular complexity index is 841. The van der Waals surface area contributed by atoms with E-state index in [0.717, 1.165) is 6.92 Å². The van der Waals surface area contributed by atoms with Crippen LogP contribution in [0.5, 0.6) is 0 Å². The molecule has 30 heavy (non-hydrogen) atoms. The molecular formula is C21H28O9.